The Morgan fingerprint density at radius 1 is 1.28 bits per heavy atom. The highest BCUT2D eigenvalue weighted by Gasteiger charge is 2.14. The van der Waals surface area contributed by atoms with Gasteiger partial charge < -0.3 is 15.7 Å². The fourth-order valence-corrected chi connectivity index (χ4v) is 2.29. The molecule has 5 heteroatoms. The summed E-state index contributed by atoms with van der Waals surface area (Å²) < 4.78 is 0. The molecule has 0 saturated heterocycles. The van der Waals surface area contributed by atoms with E-state index in [-0.39, 0.29) is 12.6 Å². The smallest absolute Gasteiger partial charge is 0.314 e. The topological polar surface area (TPSA) is 78.4 Å². The lowest BCUT2D eigenvalue weighted by Crippen LogP contribution is -2.39. The van der Waals surface area contributed by atoms with Crippen LogP contribution in [0.15, 0.2) is 0 Å². The Hall–Kier alpha value is -1.26. The Morgan fingerprint density at radius 2 is 1.94 bits per heavy atom. The second-order valence-electron chi connectivity index (χ2n) is 5.17. The number of carbonyl (C=O) groups is 2. The first kappa shape index (κ1) is 14.8. The van der Waals surface area contributed by atoms with Crippen molar-refractivity contribution in [1.82, 2.24) is 10.6 Å². The third-order valence-corrected chi connectivity index (χ3v) is 3.54. The first-order valence-electron chi connectivity index (χ1n) is 6.84. The molecule has 1 aliphatic carbocycles. The first-order valence-corrected chi connectivity index (χ1v) is 6.84. The predicted molar refractivity (Wildman–Crippen MR) is 69.4 cm³/mol. The standard InChI is InChI=1S/C13H24N2O3/c1-10(12(16)17)9-15-13(18)14-8-4-7-11-5-2-3-6-11/h10-11H,2-9H2,1H3,(H,16,17)(H2,14,15,18). The zero-order chi connectivity index (χ0) is 13.4. The summed E-state index contributed by atoms with van der Waals surface area (Å²) >= 11 is 0. The summed E-state index contributed by atoms with van der Waals surface area (Å²) in [5.74, 6) is -0.590. The van der Waals surface area contributed by atoms with Gasteiger partial charge in [-0.1, -0.05) is 32.6 Å². The minimum atomic E-state index is -0.892. The number of urea groups is 1. The molecule has 0 heterocycles. The fraction of sp³-hybridized carbons (Fsp3) is 0.846. The molecule has 0 aliphatic heterocycles. The van der Waals surface area contributed by atoms with E-state index in [9.17, 15) is 9.59 Å². The largest absolute Gasteiger partial charge is 0.481 e. The van der Waals surface area contributed by atoms with Gasteiger partial charge in [-0.2, -0.15) is 0 Å². The normalized spacial score (nSPS) is 17.4. The molecule has 1 aliphatic rings. The molecule has 5 nitrogen and oxygen atoms in total. The van der Waals surface area contributed by atoms with Crippen molar-refractivity contribution < 1.29 is 14.7 Å². The highest BCUT2D eigenvalue weighted by atomic mass is 16.4. The highest BCUT2D eigenvalue weighted by molar-refractivity contribution is 5.75. The van der Waals surface area contributed by atoms with Crippen LogP contribution in [0.25, 0.3) is 0 Å². The average molecular weight is 256 g/mol. The molecule has 18 heavy (non-hydrogen) atoms. The van der Waals surface area contributed by atoms with Crippen molar-refractivity contribution in [2.75, 3.05) is 13.1 Å². The Kier molecular flexibility index (Phi) is 6.54. The molecule has 1 atom stereocenters. The van der Waals surface area contributed by atoms with Crippen molar-refractivity contribution in [3.63, 3.8) is 0 Å². The van der Waals surface area contributed by atoms with Gasteiger partial charge in [-0.25, -0.2) is 4.79 Å². The van der Waals surface area contributed by atoms with Crippen LogP contribution in [0.3, 0.4) is 0 Å². The Labute approximate surface area is 108 Å². The highest BCUT2D eigenvalue weighted by Crippen LogP contribution is 2.28. The van der Waals surface area contributed by atoms with E-state index in [4.69, 9.17) is 5.11 Å². The summed E-state index contributed by atoms with van der Waals surface area (Å²) in [6.45, 7) is 2.41. The van der Waals surface area contributed by atoms with Crippen molar-refractivity contribution in [3.8, 4) is 0 Å². The number of aliphatic carboxylic acids is 1. The van der Waals surface area contributed by atoms with Gasteiger partial charge in [-0.05, 0) is 18.8 Å². The summed E-state index contributed by atoms with van der Waals surface area (Å²) in [6.07, 6.45) is 7.57. The van der Waals surface area contributed by atoms with Gasteiger partial charge in [0, 0.05) is 13.1 Å². The van der Waals surface area contributed by atoms with Gasteiger partial charge in [0.15, 0.2) is 0 Å². The molecule has 1 unspecified atom stereocenters. The van der Waals surface area contributed by atoms with Crippen molar-refractivity contribution in [3.05, 3.63) is 0 Å². The van der Waals surface area contributed by atoms with Crippen LogP contribution in [0.4, 0.5) is 4.79 Å². The van der Waals surface area contributed by atoms with Crippen molar-refractivity contribution in [1.29, 1.82) is 0 Å². The van der Waals surface area contributed by atoms with Crippen molar-refractivity contribution in [2.45, 2.75) is 45.4 Å². The lowest BCUT2D eigenvalue weighted by molar-refractivity contribution is -0.140. The number of rotatable bonds is 7. The molecule has 0 aromatic rings. The summed E-state index contributed by atoms with van der Waals surface area (Å²) in [5.41, 5.74) is 0. The molecule has 2 amide bonds. The molecular formula is C13H24N2O3. The van der Waals surface area contributed by atoms with E-state index in [1.54, 1.807) is 6.92 Å². The number of hydrogen-bond acceptors (Lipinski definition) is 2. The van der Waals surface area contributed by atoms with Crippen LogP contribution in [0.5, 0.6) is 0 Å². The Balaban J connectivity index is 1.97. The van der Waals surface area contributed by atoms with E-state index < -0.39 is 11.9 Å². The molecule has 3 N–H and O–H groups in total. The van der Waals surface area contributed by atoms with Gasteiger partial charge in [0.05, 0.1) is 5.92 Å². The number of carbonyl (C=O) groups excluding carboxylic acids is 1. The van der Waals surface area contributed by atoms with Gasteiger partial charge in [0.25, 0.3) is 0 Å². The van der Waals surface area contributed by atoms with Gasteiger partial charge in [0.1, 0.15) is 0 Å². The van der Waals surface area contributed by atoms with Crippen LogP contribution >= 0.6 is 0 Å². The summed E-state index contributed by atoms with van der Waals surface area (Å²) in [4.78, 5) is 21.9. The lowest BCUT2D eigenvalue weighted by Gasteiger charge is -2.11. The van der Waals surface area contributed by atoms with Gasteiger partial charge in [0.2, 0.25) is 0 Å². The SMILES string of the molecule is CC(CNC(=O)NCCCC1CCCC1)C(=O)O. The van der Waals surface area contributed by atoms with E-state index in [0.717, 1.165) is 12.3 Å². The second-order valence-corrected chi connectivity index (χ2v) is 5.17. The van der Waals surface area contributed by atoms with Gasteiger partial charge >= 0.3 is 12.0 Å². The maximum Gasteiger partial charge on any atom is 0.314 e. The van der Waals surface area contributed by atoms with E-state index in [1.165, 1.54) is 32.1 Å². The minimum Gasteiger partial charge on any atom is -0.481 e. The quantitative estimate of drug-likeness (QED) is 0.609. The molecule has 104 valence electrons. The van der Waals surface area contributed by atoms with Crippen LogP contribution in [0.2, 0.25) is 0 Å². The number of hydrogen-bond donors (Lipinski definition) is 3. The van der Waals surface area contributed by atoms with Gasteiger partial charge in [-0.15, -0.1) is 0 Å². The van der Waals surface area contributed by atoms with E-state index in [2.05, 4.69) is 10.6 Å². The second kappa shape index (κ2) is 7.95. The molecule has 0 radical (unpaired) electrons. The van der Waals surface area contributed by atoms with Crippen LogP contribution in [-0.2, 0) is 4.79 Å². The summed E-state index contributed by atoms with van der Waals surface area (Å²) in [7, 11) is 0. The fourth-order valence-electron chi connectivity index (χ4n) is 2.29. The molecule has 0 bridgehead atoms. The molecule has 0 spiro atoms. The number of amides is 2. The Bertz CT molecular complexity index is 275. The zero-order valence-corrected chi connectivity index (χ0v) is 11.1. The maximum atomic E-state index is 11.4. The average Bonchev–Trinajstić information content (AvgIpc) is 2.84. The van der Waals surface area contributed by atoms with E-state index in [0.29, 0.717) is 6.54 Å². The molecule has 1 fully saturated rings. The van der Waals surface area contributed by atoms with Crippen LogP contribution in [-0.4, -0.2) is 30.2 Å². The Morgan fingerprint density at radius 3 is 2.56 bits per heavy atom. The molecule has 0 aromatic heterocycles. The third kappa shape index (κ3) is 5.89. The molecular weight excluding hydrogens is 232 g/mol. The maximum absolute atomic E-state index is 11.4. The number of carboxylic acid groups (broad SMARTS) is 1. The van der Waals surface area contributed by atoms with Crippen molar-refractivity contribution >= 4 is 12.0 Å². The van der Waals surface area contributed by atoms with Crippen LogP contribution in [0.1, 0.15) is 45.4 Å². The summed E-state index contributed by atoms with van der Waals surface area (Å²) in [6, 6.07) is -0.269. The summed E-state index contributed by atoms with van der Waals surface area (Å²) in [5, 5.41) is 14.0. The lowest BCUT2D eigenvalue weighted by atomic mass is 10.0. The first-order chi connectivity index (χ1) is 8.59. The monoisotopic (exact) mass is 256 g/mol. The van der Waals surface area contributed by atoms with Crippen molar-refractivity contribution in [2.24, 2.45) is 11.8 Å². The molecule has 1 saturated carbocycles. The minimum absolute atomic E-state index is 0.170. The number of nitrogens with one attached hydrogen (secondary N) is 2. The molecule has 0 aromatic carbocycles. The third-order valence-electron chi connectivity index (χ3n) is 3.54. The number of carboxylic acids is 1. The van der Waals surface area contributed by atoms with Crippen LogP contribution < -0.4 is 10.6 Å². The zero-order valence-electron chi connectivity index (χ0n) is 11.1. The van der Waals surface area contributed by atoms with Gasteiger partial charge in [-0.3, -0.25) is 4.79 Å². The van der Waals surface area contributed by atoms with E-state index in [1.807, 2.05) is 0 Å². The molecule has 1 rings (SSSR count). The predicted octanol–water partition coefficient (Wildman–Crippen LogP) is 1.98. The van der Waals surface area contributed by atoms with Crippen LogP contribution in [0, 0.1) is 11.8 Å². The van der Waals surface area contributed by atoms with E-state index >= 15 is 0 Å².